The third-order valence-electron chi connectivity index (χ3n) is 1.89. The molecule has 1 saturated heterocycles. The molecule has 0 aromatic carbocycles. The third-order valence-corrected chi connectivity index (χ3v) is 1.89. The minimum absolute atomic E-state index is 0. The smallest absolute Gasteiger partial charge is 0.00643 e. The van der Waals surface area contributed by atoms with Gasteiger partial charge in [0.15, 0.2) is 0 Å². The molecule has 0 amide bonds. The van der Waals surface area contributed by atoms with E-state index >= 15 is 0 Å². The second-order valence-electron chi connectivity index (χ2n) is 2.47. The van der Waals surface area contributed by atoms with Crippen LogP contribution in [0.1, 0.15) is 19.8 Å². The van der Waals surface area contributed by atoms with Gasteiger partial charge in [0.05, 0.1) is 0 Å². The van der Waals surface area contributed by atoms with Gasteiger partial charge >= 0.3 is 0 Å². The molecule has 1 fully saturated rings. The molecule has 0 saturated carbocycles. The fourth-order valence-corrected chi connectivity index (χ4v) is 1.08. The first kappa shape index (κ1) is 16.8. The molecule has 1 aliphatic heterocycles. The van der Waals surface area contributed by atoms with Crippen LogP contribution in [-0.2, 0) is 0 Å². The molecular weight excluding hydrogens is 171 g/mol. The van der Waals surface area contributed by atoms with Crippen molar-refractivity contribution in [2.24, 2.45) is 0 Å². The van der Waals surface area contributed by atoms with Gasteiger partial charge in [0.1, 0.15) is 0 Å². The quantitative estimate of drug-likeness (QED) is 0.633. The van der Waals surface area contributed by atoms with Crippen LogP contribution in [0.25, 0.3) is 0 Å². The average Bonchev–Trinajstić information content (AvgIpc) is 1.91. The molecule has 1 heterocycles. The van der Waals surface area contributed by atoms with Crippen molar-refractivity contribution in [3.05, 3.63) is 0 Å². The molecule has 0 radical (unpaired) electrons. The maximum atomic E-state index is 2.40. The Morgan fingerprint density at radius 3 is 1.90 bits per heavy atom. The average molecular weight is 189 g/mol. The summed E-state index contributed by atoms with van der Waals surface area (Å²) in [7, 11) is 2.19. The summed E-state index contributed by atoms with van der Waals surface area (Å²) in [5.74, 6) is 0. The molecule has 66 valence electrons. The van der Waals surface area contributed by atoms with Gasteiger partial charge < -0.3 is 11.1 Å². The molecule has 1 rings (SSSR count). The van der Waals surface area contributed by atoms with Gasteiger partial charge in [-0.25, -0.2) is 0 Å². The van der Waals surface area contributed by atoms with Crippen LogP contribution in [0.2, 0.25) is 0 Å². The van der Waals surface area contributed by atoms with Crippen molar-refractivity contribution in [3.8, 4) is 0 Å². The van der Waals surface area contributed by atoms with E-state index in [0.717, 1.165) is 6.04 Å². The predicted octanol–water partition coefficient (Wildman–Crippen LogP) is 2.11. The summed E-state index contributed by atoms with van der Waals surface area (Å²) in [5.41, 5.74) is 0. The molecule has 4 heteroatoms. The lowest BCUT2D eigenvalue weighted by molar-refractivity contribution is 0.331. The van der Waals surface area contributed by atoms with E-state index in [4.69, 9.17) is 0 Å². The van der Waals surface area contributed by atoms with Gasteiger partial charge in [-0.15, -0.1) is 24.8 Å². The SMILES string of the molecule is CC1CCCN1C.Cl.Cl.N. The third kappa shape index (κ3) is 4.34. The van der Waals surface area contributed by atoms with Crippen molar-refractivity contribution < 1.29 is 0 Å². The minimum Gasteiger partial charge on any atom is -0.344 e. The number of rotatable bonds is 0. The van der Waals surface area contributed by atoms with Gasteiger partial charge in [-0.3, -0.25) is 0 Å². The summed E-state index contributed by atoms with van der Waals surface area (Å²) < 4.78 is 0. The van der Waals surface area contributed by atoms with Crippen LogP contribution in [0.5, 0.6) is 0 Å². The Hall–Kier alpha value is 0.500. The molecule has 1 aliphatic rings. The monoisotopic (exact) mass is 188 g/mol. The van der Waals surface area contributed by atoms with Crippen LogP contribution in [0.4, 0.5) is 0 Å². The zero-order valence-corrected chi connectivity index (χ0v) is 8.30. The Balaban J connectivity index is -0.000000163. The Morgan fingerprint density at radius 1 is 1.30 bits per heavy atom. The largest absolute Gasteiger partial charge is 0.344 e. The molecular formula is C6H18Cl2N2. The first-order valence-electron chi connectivity index (χ1n) is 3.01. The van der Waals surface area contributed by atoms with Crippen LogP contribution in [0, 0.1) is 0 Å². The Kier molecular flexibility index (Phi) is 12.8. The van der Waals surface area contributed by atoms with Gasteiger partial charge in [-0.2, -0.15) is 0 Å². The number of halogens is 2. The molecule has 1 atom stereocenters. The fraction of sp³-hybridized carbons (Fsp3) is 1.00. The van der Waals surface area contributed by atoms with E-state index in [0.29, 0.717) is 0 Å². The highest BCUT2D eigenvalue weighted by Crippen LogP contribution is 2.12. The summed E-state index contributed by atoms with van der Waals surface area (Å²) >= 11 is 0. The Bertz CT molecular complexity index is 62.8. The highest BCUT2D eigenvalue weighted by Gasteiger charge is 2.14. The zero-order valence-electron chi connectivity index (χ0n) is 6.67. The van der Waals surface area contributed by atoms with Crippen molar-refractivity contribution in [2.75, 3.05) is 13.6 Å². The van der Waals surface area contributed by atoms with Gasteiger partial charge in [0.25, 0.3) is 0 Å². The van der Waals surface area contributed by atoms with Crippen LogP contribution < -0.4 is 6.15 Å². The predicted molar refractivity (Wildman–Crippen MR) is 50.8 cm³/mol. The van der Waals surface area contributed by atoms with Crippen molar-refractivity contribution in [3.63, 3.8) is 0 Å². The summed E-state index contributed by atoms with van der Waals surface area (Å²) in [4.78, 5) is 2.40. The maximum Gasteiger partial charge on any atom is 0.00643 e. The Morgan fingerprint density at radius 2 is 1.80 bits per heavy atom. The Labute approximate surface area is 75.8 Å². The molecule has 0 spiro atoms. The van der Waals surface area contributed by atoms with E-state index in [2.05, 4.69) is 18.9 Å². The summed E-state index contributed by atoms with van der Waals surface area (Å²) in [6.07, 6.45) is 2.80. The standard InChI is InChI=1S/C6H13N.2ClH.H3N/c1-6-4-3-5-7(6)2;;;/h6H,3-5H2,1-2H3;2*1H;1H3. The van der Waals surface area contributed by atoms with Crippen LogP contribution >= 0.6 is 24.8 Å². The summed E-state index contributed by atoms with van der Waals surface area (Å²) in [5, 5.41) is 0. The topological polar surface area (TPSA) is 38.2 Å². The van der Waals surface area contributed by atoms with E-state index in [1.165, 1.54) is 19.4 Å². The van der Waals surface area contributed by atoms with Gasteiger partial charge in [0, 0.05) is 6.04 Å². The van der Waals surface area contributed by atoms with Crippen molar-refractivity contribution in [1.82, 2.24) is 11.1 Å². The number of hydrogen-bond acceptors (Lipinski definition) is 2. The van der Waals surface area contributed by atoms with E-state index in [9.17, 15) is 0 Å². The molecule has 0 aromatic rings. The molecule has 1 unspecified atom stereocenters. The lowest BCUT2D eigenvalue weighted by Gasteiger charge is -2.12. The molecule has 10 heavy (non-hydrogen) atoms. The van der Waals surface area contributed by atoms with Gasteiger partial charge in [-0.05, 0) is 33.4 Å². The molecule has 3 N–H and O–H groups in total. The van der Waals surface area contributed by atoms with Gasteiger partial charge in [-0.1, -0.05) is 0 Å². The molecule has 0 aromatic heterocycles. The van der Waals surface area contributed by atoms with Crippen LogP contribution in [0.15, 0.2) is 0 Å². The maximum absolute atomic E-state index is 2.40. The van der Waals surface area contributed by atoms with E-state index in [1.807, 2.05) is 0 Å². The summed E-state index contributed by atoms with van der Waals surface area (Å²) in [6, 6.07) is 0.847. The van der Waals surface area contributed by atoms with E-state index < -0.39 is 0 Å². The van der Waals surface area contributed by atoms with Crippen molar-refractivity contribution in [2.45, 2.75) is 25.8 Å². The van der Waals surface area contributed by atoms with Crippen molar-refractivity contribution >= 4 is 24.8 Å². The number of hydrogen-bond donors (Lipinski definition) is 1. The normalized spacial score (nSPS) is 24.0. The van der Waals surface area contributed by atoms with E-state index in [1.54, 1.807) is 0 Å². The van der Waals surface area contributed by atoms with Crippen LogP contribution in [-0.4, -0.2) is 24.5 Å². The number of nitrogens with zero attached hydrogens (tertiary/aromatic N) is 1. The highest BCUT2D eigenvalue weighted by atomic mass is 35.5. The van der Waals surface area contributed by atoms with Crippen molar-refractivity contribution in [1.29, 1.82) is 0 Å². The molecule has 0 aliphatic carbocycles. The molecule has 2 nitrogen and oxygen atoms in total. The fourth-order valence-electron chi connectivity index (χ4n) is 1.08. The first-order valence-corrected chi connectivity index (χ1v) is 3.01. The van der Waals surface area contributed by atoms with Gasteiger partial charge in [0.2, 0.25) is 0 Å². The summed E-state index contributed by atoms with van der Waals surface area (Å²) in [6.45, 7) is 3.59. The lowest BCUT2D eigenvalue weighted by Crippen LogP contribution is -2.20. The second-order valence-corrected chi connectivity index (χ2v) is 2.47. The highest BCUT2D eigenvalue weighted by molar-refractivity contribution is 5.85. The van der Waals surface area contributed by atoms with Crippen LogP contribution in [0.3, 0.4) is 0 Å². The lowest BCUT2D eigenvalue weighted by atomic mass is 10.3. The minimum atomic E-state index is 0. The number of likely N-dealkylation sites (tertiary alicyclic amines) is 1. The molecule has 0 bridgehead atoms. The second kappa shape index (κ2) is 7.61. The van der Waals surface area contributed by atoms with E-state index in [-0.39, 0.29) is 31.0 Å². The first-order chi connectivity index (χ1) is 3.30. The zero-order chi connectivity index (χ0) is 5.28.